The Balaban J connectivity index is 1.79. The normalized spacial score (nSPS) is 15.4. The number of alkyl halides is 2. The molecule has 0 spiro atoms. The molecule has 2 N–H and O–H groups in total. The highest BCUT2D eigenvalue weighted by Crippen LogP contribution is 2.26. The van der Waals surface area contributed by atoms with Gasteiger partial charge in [-0.15, -0.1) is 0 Å². The second-order valence-corrected chi connectivity index (χ2v) is 10.2. The number of carbonyl (C=O) groups is 1. The molecular formula is C22H29F2N5O4S. The number of piperazine rings is 1. The van der Waals surface area contributed by atoms with Crippen LogP contribution in [0.4, 0.5) is 19.3 Å². The van der Waals surface area contributed by atoms with Crippen molar-refractivity contribution in [1.82, 2.24) is 14.2 Å². The number of sulfonamides is 1. The van der Waals surface area contributed by atoms with E-state index in [0.717, 1.165) is 5.69 Å². The number of hydrogen-bond donors (Lipinski definition) is 1. The fourth-order valence-electron chi connectivity index (χ4n) is 3.75. The van der Waals surface area contributed by atoms with Crippen LogP contribution >= 0.6 is 0 Å². The number of nitrogens with two attached hydrogens (primary N) is 1. The van der Waals surface area contributed by atoms with Gasteiger partial charge in [-0.05, 0) is 43.7 Å². The summed E-state index contributed by atoms with van der Waals surface area (Å²) in [5.74, 6) is 0.0684. The number of urea groups is 1. The summed E-state index contributed by atoms with van der Waals surface area (Å²) in [6.45, 7) is 2.42. The molecule has 2 amide bonds. The predicted molar refractivity (Wildman–Crippen MR) is 124 cm³/mol. The third kappa shape index (κ3) is 6.61. The Labute approximate surface area is 198 Å². The molecule has 34 heavy (non-hydrogen) atoms. The lowest BCUT2D eigenvalue weighted by molar-refractivity contribution is -0.0508. The number of pyridine rings is 1. The number of benzene rings is 1. The maximum absolute atomic E-state index is 13.0. The second kappa shape index (κ2) is 11.1. The number of amides is 2. The van der Waals surface area contributed by atoms with E-state index in [2.05, 4.69) is 4.98 Å². The van der Waals surface area contributed by atoms with Crippen LogP contribution in [0, 0.1) is 6.92 Å². The van der Waals surface area contributed by atoms with E-state index >= 15 is 0 Å². The first-order valence-electron chi connectivity index (χ1n) is 10.9. The molecule has 12 heteroatoms. The largest absolute Gasteiger partial charge is 0.434 e. The van der Waals surface area contributed by atoms with Gasteiger partial charge >= 0.3 is 12.6 Å². The van der Waals surface area contributed by atoms with Crippen LogP contribution in [0.5, 0.6) is 5.75 Å². The minimum Gasteiger partial charge on any atom is -0.434 e. The molecule has 0 aliphatic carbocycles. The number of halogens is 2. The monoisotopic (exact) mass is 497 g/mol. The number of aryl methyl sites for hydroxylation is 1. The summed E-state index contributed by atoms with van der Waals surface area (Å²) in [6, 6.07) is 7.56. The first-order valence-corrected chi connectivity index (χ1v) is 12.5. The Hall–Kier alpha value is -2.83. The Morgan fingerprint density at radius 2 is 1.91 bits per heavy atom. The SMILES string of the molecule is CCS(=O)(=O)N1CCN(Cc2cc(CN(C(N)=O)c3ccc(C)nc3)ccc2OC(F)F)CC1. The molecule has 3 rings (SSSR count). The summed E-state index contributed by atoms with van der Waals surface area (Å²) in [5.41, 5.74) is 8.05. The molecule has 1 saturated heterocycles. The van der Waals surface area contributed by atoms with Crippen molar-refractivity contribution in [2.24, 2.45) is 5.73 Å². The van der Waals surface area contributed by atoms with Crippen LogP contribution < -0.4 is 15.4 Å². The summed E-state index contributed by atoms with van der Waals surface area (Å²) in [7, 11) is -3.27. The molecule has 0 atom stereocenters. The van der Waals surface area contributed by atoms with Gasteiger partial charge in [-0.2, -0.15) is 13.1 Å². The lowest BCUT2D eigenvalue weighted by Crippen LogP contribution is -2.48. The average molecular weight is 498 g/mol. The standard InChI is InChI=1S/C22H29F2N5O4S/c1-3-34(31,32)28-10-8-27(9-11-28)15-18-12-17(5-7-20(18)33-21(23)24)14-29(22(25)30)19-6-4-16(2)26-13-19/h4-7,12-13,21H,3,8-11,14-15H2,1-2H3,(H2,25,30). The van der Waals surface area contributed by atoms with Crippen LogP contribution in [-0.4, -0.2) is 67.2 Å². The number of hydrogen-bond acceptors (Lipinski definition) is 6. The molecular weight excluding hydrogens is 468 g/mol. The molecule has 1 fully saturated rings. The van der Waals surface area contributed by atoms with Crippen molar-refractivity contribution in [2.45, 2.75) is 33.5 Å². The van der Waals surface area contributed by atoms with Crippen molar-refractivity contribution in [2.75, 3.05) is 36.8 Å². The van der Waals surface area contributed by atoms with Crippen LogP contribution in [0.1, 0.15) is 23.7 Å². The Morgan fingerprint density at radius 3 is 2.47 bits per heavy atom. The summed E-state index contributed by atoms with van der Waals surface area (Å²) >= 11 is 0. The van der Waals surface area contributed by atoms with Gasteiger partial charge in [-0.25, -0.2) is 13.2 Å². The second-order valence-electron chi connectivity index (χ2n) is 7.98. The van der Waals surface area contributed by atoms with Gasteiger partial charge in [0, 0.05) is 44.0 Å². The maximum atomic E-state index is 13.0. The number of carbonyl (C=O) groups excluding carboxylic acids is 1. The molecule has 1 aromatic heterocycles. The van der Waals surface area contributed by atoms with Gasteiger partial charge in [0.05, 0.1) is 24.2 Å². The summed E-state index contributed by atoms with van der Waals surface area (Å²) in [4.78, 5) is 19.6. The number of rotatable bonds is 9. The van der Waals surface area contributed by atoms with Crippen LogP contribution in [0.25, 0.3) is 0 Å². The van der Waals surface area contributed by atoms with Crippen molar-refractivity contribution in [3.8, 4) is 5.75 Å². The number of nitrogens with zero attached hydrogens (tertiary/aromatic N) is 4. The first-order chi connectivity index (χ1) is 16.1. The Kier molecular flexibility index (Phi) is 8.39. The minimum absolute atomic E-state index is 0.0324. The van der Waals surface area contributed by atoms with E-state index < -0.39 is 22.7 Å². The lowest BCUT2D eigenvalue weighted by atomic mass is 10.1. The van der Waals surface area contributed by atoms with E-state index in [9.17, 15) is 22.0 Å². The van der Waals surface area contributed by atoms with Gasteiger partial charge in [-0.1, -0.05) is 6.07 Å². The topological polar surface area (TPSA) is 109 Å². The zero-order valence-electron chi connectivity index (χ0n) is 19.2. The highest BCUT2D eigenvalue weighted by molar-refractivity contribution is 7.89. The van der Waals surface area contributed by atoms with Gasteiger partial charge in [-0.3, -0.25) is 14.8 Å². The molecule has 1 aliphatic rings. The van der Waals surface area contributed by atoms with Crippen molar-refractivity contribution in [1.29, 1.82) is 0 Å². The fourth-order valence-corrected chi connectivity index (χ4v) is 4.84. The zero-order chi connectivity index (χ0) is 24.9. The van der Waals surface area contributed by atoms with E-state index in [1.54, 1.807) is 37.4 Å². The predicted octanol–water partition coefficient (Wildman–Crippen LogP) is 2.54. The van der Waals surface area contributed by atoms with Gasteiger partial charge in [0.25, 0.3) is 0 Å². The zero-order valence-corrected chi connectivity index (χ0v) is 20.0. The number of aromatic nitrogens is 1. The van der Waals surface area contributed by atoms with Gasteiger partial charge in [0.2, 0.25) is 10.0 Å². The number of ether oxygens (including phenoxy) is 1. The van der Waals surface area contributed by atoms with E-state index in [4.69, 9.17) is 10.5 Å². The van der Waals surface area contributed by atoms with Gasteiger partial charge < -0.3 is 10.5 Å². The van der Waals surface area contributed by atoms with Gasteiger partial charge in [0.15, 0.2) is 0 Å². The highest BCUT2D eigenvalue weighted by atomic mass is 32.2. The molecule has 0 bridgehead atoms. The smallest absolute Gasteiger partial charge is 0.387 e. The third-order valence-corrected chi connectivity index (χ3v) is 7.52. The van der Waals surface area contributed by atoms with E-state index in [1.165, 1.54) is 15.3 Å². The highest BCUT2D eigenvalue weighted by Gasteiger charge is 2.26. The van der Waals surface area contributed by atoms with Gasteiger partial charge in [0.1, 0.15) is 5.75 Å². The lowest BCUT2D eigenvalue weighted by Gasteiger charge is -2.34. The molecule has 1 aliphatic heterocycles. The van der Waals surface area contributed by atoms with Crippen LogP contribution in [0.3, 0.4) is 0 Å². The van der Waals surface area contributed by atoms with Crippen LogP contribution in [-0.2, 0) is 23.1 Å². The molecule has 2 heterocycles. The van der Waals surface area contributed by atoms with Crippen molar-refractivity contribution >= 4 is 21.7 Å². The summed E-state index contributed by atoms with van der Waals surface area (Å²) in [5, 5.41) is 0. The Morgan fingerprint density at radius 1 is 1.21 bits per heavy atom. The van der Waals surface area contributed by atoms with Crippen LogP contribution in [0.15, 0.2) is 36.5 Å². The summed E-state index contributed by atoms with van der Waals surface area (Å²) in [6.07, 6.45) is 1.54. The molecule has 0 radical (unpaired) electrons. The number of anilines is 1. The van der Waals surface area contributed by atoms with E-state index in [0.29, 0.717) is 49.5 Å². The fraction of sp³-hybridized carbons (Fsp3) is 0.455. The maximum Gasteiger partial charge on any atom is 0.387 e. The average Bonchev–Trinajstić information content (AvgIpc) is 2.79. The number of primary amides is 1. The van der Waals surface area contributed by atoms with Crippen LogP contribution in [0.2, 0.25) is 0 Å². The molecule has 0 saturated carbocycles. The Bertz CT molecular complexity index is 1090. The van der Waals surface area contributed by atoms with E-state index in [-0.39, 0.29) is 18.0 Å². The third-order valence-electron chi connectivity index (χ3n) is 5.64. The van der Waals surface area contributed by atoms with Crippen molar-refractivity contribution in [3.63, 3.8) is 0 Å². The summed E-state index contributed by atoms with van der Waals surface area (Å²) < 4.78 is 56.3. The molecule has 0 unspecified atom stereocenters. The van der Waals surface area contributed by atoms with E-state index in [1.807, 2.05) is 11.8 Å². The molecule has 186 valence electrons. The quantitative estimate of drug-likeness (QED) is 0.570. The van der Waals surface area contributed by atoms with Crippen molar-refractivity contribution in [3.05, 3.63) is 53.3 Å². The first kappa shape index (κ1) is 25.8. The van der Waals surface area contributed by atoms with Crippen molar-refractivity contribution < 1.29 is 26.7 Å². The minimum atomic E-state index is -3.27. The molecule has 2 aromatic rings. The molecule has 9 nitrogen and oxygen atoms in total. The molecule has 1 aromatic carbocycles.